The third kappa shape index (κ3) is 6.25. The Labute approximate surface area is 139 Å². The molecule has 2 fully saturated rings. The molecule has 0 radical (unpaired) electrons. The summed E-state index contributed by atoms with van der Waals surface area (Å²) in [7, 11) is -3.15. The summed E-state index contributed by atoms with van der Waals surface area (Å²) in [5, 5.41) is 3.10. The van der Waals surface area contributed by atoms with Gasteiger partial charge in [0.15, 0.2) is 5.96 Å². The van der Waals surface area contributed by atoms with E-state index in [0.717, 1.165) is 58.7 Å². The van der Waals surface area contributed by atoms with Crippen LogP contribution in [0.15, 0.2) is 4.99 Å². The summed E-state index contributed by atoms with van der Waals surface area (Å²) in [5.74, 6) is 0.396. The van der Waals surface area contributed by atoms with Gasteiger partial charge in [-0.05, 0) is 25.8 Å². The fourth-order valence-corrected chi connectivity index (χ4v) is 4.21. The Bertz CT molecular complexity index is 491. The topological polar surface area (TPSA) is 100 Å². The number of hydrogen-bond acceptors (Lipinski definition) is 5. The Morgan fingerprint density at radius 3 is 2.78 bits per heavy atom. The number of aliphatic imine (C=N–C) groups is 1. The first kappa shape index (κ1) is 18.4. The van der Waals surface area contributed by atoms with Crippen molar-refractivity contribution in [1.29, 1.82) is 0 Å². The second kappa shape index (κ2) is 8.81. The van der Waals surface area contributed by atoms with Crippen molar-refractivity contribution in [2.24, 2.45) is 10.7 Å². The van der Waals surface area contributed by atoms with Crippen LogP contribution >= 0.6 is 0 Å². The van der Waals surface area contributed by atoms with Gasteiger partial charge in [0.1, 0.15) is 0 Å². The van der Waals surface area contributed by atoms with Crippen LogP contribution in [0.5, 0.6) is 0 Å². The number of nitrogens with zero attached hydrogens (tertiary/aromatic N) is 3. The maximum absolute atomic E-state index is 11.7. The SMILES string of the molecule is CS(=O)(=O)N1CCC[C@@H]1CN=C(N)NCCCN1CCOCC1. The van der Waals surface area contributed by atoms with Gasteiger partial charge in [-0.2, -0.15) is 4.31 Å². The predicted octanol–water partition coefficient (Wildman–Crippen LogP) is -0.963. The van der Waals surface area contributed by atoms with Crippen LogP contribution in [-0.4, -0.2) is 88.4 Å². The smallest absolute Gasteiger partial charge is 0.211 e. The molecule has 8 nitrogen and oxygen atoms in total. The quantitative estimate of drug-likeness (QED) is 0.349. The van der Waals surface area contributed by atoms with Gasteiger partial charge in [0.2, 0.25) is 10.0 Å². The van der Waals surface area contributed by atoms with Crippen LogP contribution in [0, 0.1) is 0 Å². The van der Waals surface area contributed by atoms with E-state index in [1.807, 2.05) is 0 Å². The third-order valence-electron chi connectivity index (χ3n) is 4.28. The molecule has 2 rings (SSSR count). The molecule has 0 unspecified atom stereocenters. The summed E-state index contributed by atoms with van der Waals surface area (Å²) in [6.45, 7) is 6.42. The maximum atomic E-state index is 11.7. The van der Waals surface area contributed by atoms with Crippen molar-refractivity contribution in [3.8, 4) is 0 Å². The molecule has 2 aliphatic rings. The molecule has 2 aliphatic heterocycles. The number of ether oxygens (including phenoxy) is 1. The van der Waals surface area contributed by atoms with Gasteiger partial charge in [-0.3, -0.25) is 9.89 Å². The summed E-state index contributed by atoms with van der Waals surface area (Å²) in [4.78, 5) is 6.67. The predicted molar refractivity (Wildman–Crippen MR) is 90.9 cm³/mol. The minimum Gasteiger partial charge on any atom is -0.379 e. The van der Waals surface area contributed by atoms with Gasteiger partial charge in [-0.25, -0.2) is 8.42 Å². The van der Waals surface area contributed by atoms with E-state index in [2.05, 4.69) is 15.2 Å². The van der Waals surface area contributed by atoms with E-state index >= 15 is 0 Å². The number of hydrogen-bond donors (Lipinski definition) is 2. The van der Waals surface area contributed by atoms with Crippen molar-refractivity contribution in [2.45, 2.75) is 25.3 Å². The molecule has 2 saturated heterocycles. The molecule has 0 aromatic rings. The molecular weight excluding hydrogens is 318 g/mol. The fraction of sp³-hybridized carbons (Fsp3) is 0.929. The molecule has 0 amide bonds. The number of nitrogens with two attached hydrogens (primary N) is 1. The molecule has 9 heteroatoms. The van der Waals surface area contributed by atoms with Gasteiger partial charge in [0, 0.05) is 32.2 Å². The van der Waals surface area contributed by atoms with Crippen LogP contribution in [0.4, 0.5) is 0 Å². The van der Waals surface area contributed by atoms with Gasteiger partial charge in [0.05, 0.1) is 26.0 Å². The monoisotopic (exact) mass is 347 g/mol. The maximum Gasteiger partial charge on any atom is 0.211 e. The number of rotatable bonds is 7. The first-order chi connectivity index (χ1) is 11.0. The zero-order valence-corrected chi connectivity index (χ0v) is 14.7. The van der Waals surface area contributed by atoms with E-state index < -0.39 is 10.0 Å². The van der Waals surface area contributed by atoms with Crippen molar-refractivity contribution in [1.82, 2.24) is 14.5 Å². The van der Waals surface area contributed by atoms with E-state index in [1.54, 1.807) is 0 Å². The average Bonchev–Trinajstić information content (AvgIpc) is 2.99. The Hall–Kier alpha value is -0.900. The van der Waals surface area contributed by atoms with Crippen LogP contribution in [0.25, 0.3) is 0 Å². The van der Waals surface area contributed by atoms with Crippen molar-refractivity contribution in [3.63, 3.8) is 0 Å². The van der Waals surface area contributed by atoms with E-state index in [1.165, 1.54) is 10.6 Å². The van der Waals surface area contributed by atoms with E-state index in [9.17, 15) is 8.42 Å². The minimum atomic E-state index is -3.15. The van der Waals surface area contributed by atoms with Crippen molar-refractivity contribution < 1.29 is 13.2 Å². The summed E-state index contributed by atoms with van der Waals surface area (Å²) < 4.78 is 30.2. The second-order valence-corrected chi connectivity index (χ2v) is 8.07. The van der Waals surface area contributed by atoms with Crippen molar-refractivity contribution >= 4 is 16.0 Å². The highest BCUT2D eigenvalue weighted by molar-refractivity contribution is 7.88. The molecule has 23 heavy (non-hydrogen) atoms. The lowest BCUT2D eigenvalue weighted by molar-refractivity contribution is 0.0376. The summed E-state index contributed by atoms with van der Waals surface area (Å²) in [6, 6.07) is -0.0568. The van der Waals surface area contributed by atoms with E-state index in [0.29, 0.717) is 19.0 Å². The highest BCUT2D eigenvalue weighted by atomic mass is 32.2. The number of sulfonamides is 1. The lowest BCUT2D eigenvalue weighted by atomic mass is 10.2. The Balaban J connectivity index is 1.65. The molecule has 134 valence electrons. The van der Waals surface area contributed by atoms with Crippen LogP contribution < -0.4 is 11.1 Å². The van der Waals surface area contributed by atoms with Gasteiger partial charge in [0.25, 0.3) is 0 Å². The zero-order valence-electron chi connectivity index (χ0n) is 13.9. The molecule has 0 aromatic heterocycles. The highest BCUT2D eigenvalue weighted by Crippen LogP contribution is 2.20. The van der Waals surface area contributed by atoms with Crippen molar-refractivity contribution in [2.75, 3.05) is 58.7 Å². The van der Waals surface area contributed by atoms with E-state index in [-0.39, 0.29) is 6.04 Å². The largest absolute Gasteiger partial charge is 0.379 e. The summed E-state index contributed by atoms with van der Waals surface area (Å²) in [6.07, 6.45) is 3.98. The minimum absolute atomic E-state index is 0.0568. The van der Waals surface area contributed by atoms with Crippen molar-refractivity contribution in [3.05, 3.63) is 0 Å². The van der Waals surface area contributed by atoms with Gasteiger partial charge < -0.3 is 15.8 Å². The lowest BCUT2D eigenvalue weighted by Crippen LogP contribution is -2.40. The molecule has 0 bridgehead atoms. The van der Waals surface area contributed by atoms with Gasteiger partial charge in [-0.15, -0.1) is 0 Å². The third-order valence-corrected chi connectivity index (χ3v) is 5.62. The number of morpholine rings is 1. The Morgan fingerprint density at radius 1 is 1.35 bits per heavy atom. The van der Waals surface area contributed by atoms with Crippen LogP contribution in [-0.2, 0) is 14.8 Å². The standard InChI is InChI=1S/C14H29N5O3S/c1-23(20,21)19-7-2-4-13(19)12-17-14(15)16-5-3-6-18-8-10-22-11-9-18/h13H,2-12H2,1H3,(H3,15,16,17)/t13-/m1/s1. The average molecular weight is 347 g/mol. The highest BCUT2D eigenvalue weighted by Gasteiger charge is 2.30. The molecular formula is C14H29N5O3S. The first-order valence-corrected chi connectivity index (χ1v) is 10.1. The van der Waals surface area contributed by atoms with Crippen LogP contribution in [0.1, 0.15) is 19.3 Å². The van der Waals surface area contributed by atoms with Gasteiger partial charge >= 0.3 is 0 Å². The molecule has 1 atom stereocenters. The Morgan fingerprint density at radius 2 is 2.09 bits per heavy atom. The molecule has 3 N–H and O–H groups in total. The lowest BCUT2D eigenvalue weighted by Gasteiger charge is -2.26. The van der Waals surface area contributed by atoms with Crippen LogP contribution in [0.3, 0.4) is 0 Å². The van der Waals surface area contributed by atoms with Gasteiger partial charge in [-0.1, -0.05) is 0 Å². The van der Waals surface area contributed by atoms with E-state index in [4.69, 9.17) is 10.5 Å². The second-order valence-electron chi connectivity index (χ2n) is 6.13. The molecule has 2 heterocycles. The molecule has 0 aromatic carbocycles. The zero-order chi connectivity index (χ0) is 16.7. The summed E-state index contributed by atoms with van der Waals surface area (Å²) >= 11 is 0. The number of guanidine groups is 1. The first-order valence-electron chi connectivity index (χ1n) is 8.27. The van der Waals surface area contributed by atoms with Crippen LogP contribution in [0.2, 0.25) is 0 Å². The number of nitrogens with one attached hydrogen (secondary N) is 1. The summed E-state index contributed by atoms with van der Waals surface area (Å²) in [5.41, 5.74) is 5.86. The molecule has 0 spiro atoms. The fourth-order valence-electron chi connectivity index (χ4n) is 3.03. The normalized spacial score (nSPS) is 24.9. The molecule has 0 saturated carbocycles. The Kier molecular flexibility index (Phi) is 7.07. The molecule has 0 aliphatic carbocycles.